The lowest BCUT2D eigenvalue weighted by Gasteiger charge is -2.10. The highest BCUT2D eigenvalue weighted by Gasteiger charge is 2.15. The van der Waals surface area contributed by atoms with Gasteiger partial charge in [-0.2, -0.15) is 5.10 Å². The van der Waals surface area contributed by atoms with Gasteiger partial charge in [0.05, 0.1) is 31.7 Å². The van der Waals surface area contributed by atoms with E-state index in [2.05, 4.69) is 15.4 Å². The lowest BCUT2D eigenvalue weighted by molar-refractivity contribution is 0.0949. The quantitative estimate of drug-likeness (QED) is 0.369. The zero-order valence-corrected chi connectivity index (χ0v) is 18.9. The molecule has 180 valence electrons. The van der Waals surface area contributed by atoms with Gasteiger partial charge in [-0.3, -0.25) is 19.0 Å². The monoisotopic (exact) mass is 477 g/mol. The third kappa shape index (κ3) is 5.46. The first-order valence-electron chi connectivity index (χ1n) is 10.9. The van der Waals surface area contributed by atoms with Crippen molar-refractivity contribution in [3.63, 3.8) is 0 Å². The van der Waals surface area contributed by atoms with Crippen molar-refractivity contribution in [3.8, 4) is 17.0 Å². The number of aromatic amines is 1. The Kier molecular flexibility index (Phi) is 7.05. The van der Waals surface area contributed by atoms with Crippen molar-refractivity contribution >= 4 is 5.91 Å². The second-order valence-electron chi connectivity index (χ2n) is 7.47. The van der Waals surface area contributed by atoms with Gasteiger partial charge in [-0.05, 0) is 49.4 Å². The molecule has 0 saturated carbocycles. The molecular weight excluding hydrogens is 454 g/mol. The number of benzene rings is 1. The molecule has 0 spiro atoms. The maximum Gasteiger partial charge on any atom is 0.328 e. The predicted molar refractivity (Wildman–Crippen MR) is 127 cm³/mol. The smallest absolute Gasteiger partial charge is 0.328 e. The first-order valence-corrected chi connectivity index (χ1v) is 10.9. The fraction of sp³-hybridized carbons (Fsp3) is 0.208. The van der Waals surface area contributed by atoms with Gasteiger partial charge >= 0.3 is 5.69 Å². The Morgan fingerprint density at radius 1 is 1.11 bits per heavy atom. The fourth-order valence-electron chi connectivity index (χ4n) is 3.40. The van der Waals surface area contributed by atoms with Crippen LogP contribution in [0.5, 0.6) is 5.75 Å². The van der Waals surface area contributed by atoms with Crippen LogP contribution in [0.1, 0.15) is 23.0 Å². The molecule has 4 aromatic rings. The van der Waals surface area contributed by atoms with E-state index in [4.69, 9.17) is 9.15 Å². The molecule has 4 rings (SSSR count). The van der Waals surface area contributed by atoms with Crippen LogP contribution in [0.4, 0.5) is 0 Å². The molecule has 0 radical (unpaired) electrons. The maximum atomic E-state index is 12.7. The fourth-order valence-corrected chi connectivity index (χ4v) is 3.40. The average molecular weight is 477 g/mol. The molecule has 35 heavy (non-hydrogen) atoms. The third-order valence-corrected chi connectivity index (χ3v) is 5.14. The largest absolute Gasteiger partial charge is 0.494 e. The molecule has 0 aliphatic heterocycles. The summed E-state index contributed by atoms with van der Waals surface area (Å²) in [5.74, 6) is 0.445. The molecule has 0 saturated heterocycles. The lowest BCUT2D eigenvalue weighted by atomic mass is 10.1. The molecule has 0 unspecified atom stereocenters. The number of amides is 1. The summed E-state index contributed by atoms with van der Waals surface area (Å²) in [5.41, 5.74) is -0.601. The van der Waals surface area contributed by atoms with Crippen LogP contribution in [0.25, 0.3) is 11.3 Å². The average Bonchev–Trinajstić information content (AvgIpc) is 3.37. The molecule has 0 aliphatic carbocycles. The molecule has 3 heterocycles. The van der Waals surface area contributed by atoms with Crippen molar-refractivity contribution in [2.45, 2.75) is 20.0 Å². The van der Waals surface area contributed by atoms with E-state index in [0.717, 1.165) is 22.1 Å². The van der Waals surface area contributed by atoms with Crippen LogP contribution in [0.15, 0.2) is 79.8 Å². The van der Waals surface area contributed by atoms with Crippen LogP contribution in [0.2, 0.25) is 0 Å². The number of H-pyrrole nitrogens is 1. The number of nitrogens with one attached hydrogen (secondary N) is 2. The Bertz CT molecular complexity index is 1480. The number of furan rings is 1. The summed E-state index contributed by atoms with van der Waals surface area (Å²) >= 11 is 0. The number of carbonyl (C=O) groups excluding carboxylic acids is 1. The topological polar surface area (TPSA) is 141 Å². The first-order chi connectivity index (χ1) is 17.0. The number of ether oxygens (including phenoxy) is 1. The summed E-state index contributed by atoms with van der Waals surface area (Å²) in [6, 6.07) is 13.6. The molecule has 0 aliphatic rings. The van der Waals surface area contributed by atoms with Gasteiger partial charge in [0, 0.05) is 24.4 Å². The summed E-state index contributed by atoms with van der Waals surface area (Å²) in [5, 5.41) is 6.95. The van der Waals surface area contributed by atoms with Crippen molar-refractivity contribution in [2.24, 2.45) is 0 Å². The molecule has 0 fully saturated rings. The lowest BCUT2D eigenvalue weighted by Crippen LogP contribution is -2.41. The van der Waals surface area contributed by atoms with E-state index < -0.39 is 17.2 Å². The highest BCUT2D eigenvalue weighted by molar-refractivity contribution is 5.93. The Balaban J connectivity index is 1.44. The molecule has 0 bridgehead atoms. The van der Waals surface area contributed by atoms with Gasteiger partial charge in [0.1, 0.15) is 17.1 Å². The number of hydrogen-bond acceptors (Lipinski definition) is 7. The van der Waals surface area contributed by atoms with Gasteiger partial charge in [0.2, 0.25) is 0 Å². The van der Waals surface area contributed by atoms with Crippen LogP contribution >= 0.6 is 0 Å². The Morgan fingerprint density at radius 3 is 2.63 bits per heavy atom. The zero-order chi connectivity index (χ0) is 24.8. The molecule has 3 aromatic heterocycles. The normalized spacial score (nSPS) is 10.8. The van der Waals surface area contributed by atoms with Crippen LogP contribution in [-0.4, -0.2) is 38.4 Å². The van der Waals surface area contributed by atoms with E-state index in [0.29, 0.717) is 18.1 Å². The summed E-state index contributed by atoms with van der Waals surface area (Å²) in [6.07, 6.45) is 2.49. The van der Waals surface area contributed by atoms with E-state index in [9.17, 15) is 19.2 Å². The van der Waals surface area contributed by atoms with E-state index in [1.54, 1.807) is 18.2 Å². The summed E-state index contributed by atoms with van der Waals surface area (Å²) in [4.78, 5) is 52.0. The Labute approximate surface area is 198 Å². The summed E-state index contributed by atoms with van der Waals surface area (Å²) < 4.78 is 12.7. The second kappa shape index (κ2) is 10.5. The van der Waals surface area contributed by atoms with Gasteiger partial charge in [0.25, 0.3) is 17.0 Å². The van der Waals surface area contributed by atoms with E-state index in [1.807, 2.05) is 31.2 Å². The van der Waals surface area contributed by atoms with Gasteiger partial charge in [-0.15, -0.1) is 0 Å². The van der Waals surface area contributed by atoms with Crippen molar-refractivity contribution in [2.75, 3.05) is 13.2 Å². The molecule has 2 N–H and O–H groups in total. The minimum atomic E-state index is -0.754. The van der Waals surface area contributed by atoms with Gasteiger partial charge in [-0.1, -0.05) is 0 Å². The molecule has 1 amide bonds. The van der Waals surface area contributed by atoms with Gasteiger partial charge < -0.3 is 19.5 Å². The van der Waals surface area contributed by atoms with Crippen LogP contribution in [-0.2, 0) is 13.1 Å². The predicted octanol–water partition coefficient (Wildman–Crippen LogP) is 1.23. The highest BCUT2D eigenvalue weighted by Crippen LogP contribution is 2.19. The number of nitrogens with zero attached hydrogens (tertiary/aromatic N) is 3. The van der Waals surface area contributed by atoms with Gasteiger partial charge in [-0.25, -0.2) is 9.48 Å². The SMILES string of the molecule is CCOc1ccc(-c2ccc(=O)n(CCNC(=O)c3c[nH]c(=O)n(Cc4ccco4)c3=O)n2)cc1. The maximum absolute atomic E-state index is 12.7. The summed E-state index contributed by atoms with van der Waals surface area (Å²) in [6.45, 7) is 2.47. The van der Waals surface area contributed by atoms with Crippen molar-refractivity contribution in [1.82, 2.24) is 24.6 Å². The molecule has 0 atom stereocenters. The Hall–Kier alpha value is -4.67. The third-order valence-electron chi connectivity index (χ3n) is 5.14. The summed E-state index contributed by atoms with van der Waals surface area (Å²) in [7, 11) is 0. The number of carbonyl (C=O) groups is 1. The van der Waals surface area contributed by atoms with Crippen molar-refractivity contribution in [3.05, 3.63) is 104 Å². The number of hydrogen-bond donors (Lipinski definition) is 2. The number of aromatic nitrogens is 4. The van der Waals surface area contributed by atoms with Crippen LogP contribution in [0.3, 0.4) is 0 Å². The standard InChI is InChI=1S/C24H23N5O6/c1-2-34-17-7-5-16(6-8-17)20-9-10-21(30)29(27-20)12-11-25-22(31)19-14-26-24(33)28(23(19)32)15-18-4-3-13-35-18/h3-10,13-14H,2,11-12,15H2,1H3,(H,25,31)(H,26,33). The number of rotatable bonds is 9. The van der Waals surface area contributed by atoms with E-state index in [1.165, 1.54) is 17.0 Å². The zero-order valence-electron chi connectivity index (χ0n) is 18.9. The van der Waals surface area contributed by atoms with Crippen molar-refractivity contribution < 1.29 is 13.9 Å². The van der Waals surface area contributed by atoms with Crippen LogP contribution in [0, 0.1) is 0 Å². The highest BCUT2D eigenvalue weighted by atomic mass is 16.5. The minimum absolute atomic E-state index is 0.0369. The molecular formula is C24H23N5O6. The molecule has 1 aromatic carbocycles. The van der Waals surface area contributed by atoms with Crippen LogP contribution < -0.4 is 26.9 Å². The van der Waals surface area contributed by atoms with E-state index in [-0.39, 0.29) is 30.8 Å². The molecule has 11 nitrogen and oxygen atoms in total. The van der Waals surface area contributed by atoms with Crippen molar-refractivity contribution in [1.29, 1.82) is 0 Å². The minimum Gasteiger partial charge on any atom is -0.494 e. The second-order valence-corrected chi connectivity index (χ2v) is 7.47. The van der Waals surface area contributed by atoms with Gasteiger partial charge in [0.15, 0.2) is 0 Å². The molecule has 11 heteroatoms. The van der Waals surface area contributed by atoms with E-state index >= 15 is 0 Å². The first kappa shape index (κ1) is 23.5. The Morgan fingerprint density at radius 2 is 1.91 bits per heavy atom.